The van der Waals surface area contributed by atoms with Gasteiger partial charge >= 0.3 is 6.03 Å². The van der Waals surface area contributed by atoms with Gasteiger partial charge in [-0.25, -0.2) is 14.8 Å². The molecular weight excluding hydrogens is 376 g/mol. The number of aromatic amines is 1. The van der Waals surface area contributed by atoms with E-state index in [1.807, 2.05) is 49.4 Å². The minimum atomic E-state index is -0.213. The zero-order chi connectivity index (χ0) is 20.5. The van der Waals surface area contributed by atoms with Crippen LogP contribution >= 0.6 is 0 Å². The van der Waals surface area contributed by atoms with Crippen LogP contribution in [0.3, 0.4) is 0 Å². The number of nitrogens with one attached hydrogen (secondary N) is 3. The number of imidazole rings is 2. The Morgan fingerprint density at radius 1 is 1.13 bits per heavy atom. The van der Waals surface area contributed by atoms with Crippen LogP contribution in [0.25, 0.3) is 22.3 Å². The van der Waals surface area contributed by atoms with Crippen molar-refractivity contribution >= 4 is 17.1 Å². The first-order chi connectivity index (χ1) is 14.7. The number of hydrogen-bond acceptors (Lipinski definition) is 3. The molecule has 0 radical (unpaired) electrons. The first-order valence-electron chi connectivity index (χ1n) is 10.3. The summed E-state index contributed by atoms with van der Waals surface area (Å²) in [4.78, 5) is 25.2. The number of carbonyl (C=O) groups is 1. The topological polar surface area (TPSA) is 87.6 Å². The van der Waals surface area contributed by atoms with Gasteiger partial charge in [-0.3, -0.25) is 0 Å². The Morgan fingerprint density at radius 2 is 1.93 bits per heavy atom. The van der Waals surface area contributed by atoms with Crippen molar-refractivity contribution in [3.05, 3.63) is 72.4 Å². The van der Waals surface area contributed by atoms with Crippen LogP contribution in [0, 0.1) is 0 Å². The Bertz CT molecular complexity index is 1150. The van der Waals surface area contributed by atoms with Crippen LogP contribution in [0.4, 0.5) is 4.79 Å². The molecule has 3 N–H and O–H groups in total. The molecule has 2 aromatic heterocycles. The molecule has 0 bridgehead atoms. The minimum absolute atomic E-state index is 0.0678. The van der Waals surface area contributed by atoms with E-state index in [9.17, 15) is 4.79 Å². The Hall–Kier alpha value is -3.61. The number of carbonyl (C=O) groups excluding carboxylic acids is 1. The highest BCUT2D eigenvalue weighted by molar-refractivity contribution is 5.76. The van der Waals surface area contributed by atoms with Crippen LogP contribution in [0.5, 0.6) is 0 Å². The van der Waals surface area contributed by atoms with Gasteiger partial charge in [-0.15, -0.1) is 0 Å². The van der Waals surface area contributed by atoms with Crippen molar-refractivity contribution in [1.82, 2.24) is 30.2 Å². The third-order valence-electron chi connectivity index (χ3n) is 5.56. The third-order valence-corrected chi connectivity index (χ3v) is 5.56. The SMILES string of the molecule is CC(NC(=O)NC1CCc2nc(-c3ccccc3)cn2C1)c1nc2ccccc2[nH]1. The lowest BCUT2D eigenvalue weighted by Crippen LogP contribution is -2.46. The van der Waals surface area contributed by atoms with E-state index >= 15 is 0 Å². The van der Waals surface area contributed by atoms with E-state index in [-0.39, 0.29) is 18.1 Å². The molecule has 1 aliphatic heterocycles. The van der Waals surface area contributed by atoms with Gasteiger partial charge in [-0.1, -0.05) is 42.5 Å². The fraction of sp³-hybridized carbons (Fsp3) is 0.261. The average Bonchev–Trinajstić information content (AvgIpc) is 3.38. The molecule has 0 saturated heterocycles. The minimum Gasteiger partial charge on any atom is -0.340 e. The summed E-state index contributed by atoms with van der Waals surface area (Å²) in [7, 11) is 0. The molecule has 2 unspecified atom stereocenters. The fourth-order valence-electron chi connectivity index (χ4n) is 3.98. The number of fused-ring (bicyclic) bond motifs is 2. The molecule has 7 nitrogen and oxygen atoms in total. The number of hydrogen-bond donors (Lipinski definition) is 3. The maximum atomic E-state index is 12.6. The summed E-state index contributed by atoms with van der Waals surface area (Å²) in [6.07, 6.45) is 3.79. The van der Waals surface area contributed by atoms with E-state index in [4.69, 9.17) is 4.98 Å². The largest absolute Gasteiger partial charge is 0.340 e. The summed E-state index contributed by atoms with van der Waals surface area (Å²) in [6, 6.07) is 17.7. The van der Waals surface area contributed by atoms with Gasteiger partial charge in [0, 0.05) is 30.8 Å². The second kappa shape index (κ2) is 7.67. The lowest BCUT2D eigenvalue weighted by Gasteiger charge is -2.25. The number of aryl methyl sites for hydroxylation is 1. The van der Waals surface area contributed by atoms with Crippen LogP contribution in [0.15, 0.2) is 60.8 Å². The van der Waals surface area contributed by atoms with Crippen LogP contribution < -0.4 is 10.6 Å². The number of para-hydroxylation sites is 2. The van der Waals surface area contributed by atoms with Gasteiger partial charge in [0.05, 0.1) is 22.8 Å². The molecule has 0 fully saturated rings. The van der Waals surface area contributed by atoms with E-state index in [0.717, 1.165) is 53.3 Å². The maximum absolute atomic E-state index is 12.6. The van der Waals surface area contributed by atoms with E-state index in [0.29, 0.717) is 0 Å². The average molecular weight is 400 g/mol. The van der Waals surface area contributed by atoms with Crippen LogP contribution in [0.1, 0.15) is 31.0 Å². The Kier molecular flexibility index (Phi) is 4.71. The number of benzene rings is 2. The van der Waals surface area contributed by atoms with E-state index in [2.05, 4.69) is 43.5 Å². The molecule has 2 atom stereocenters. The molecule has 7 heteroatoms. The zero-order valence-corrected chi connectivity index (χ0v) is 16.8. The summed E-state index contributed by atoms with van der Waals surface area (Å²) in [5.41, 5.74) is 3.96. The van der Waals surface area contributed by atoms with Crippen molar-refractivity contribution in [3.8, 4) is 11.3 Å². The highest BCUT2D eigenvalue weighted by Crippen LogP contribution is 2.22. The van der Waals surface area contributed by atoms with Crippen LogP contribution in [0.2, 0.25) is 0 Å². The van der Waals surface area contributed by atoms with Gasteiger partial charge in [-0.2, -0.15) is 0 Å². The van der Waals surface area contributed by atoms with Crippen molar-refractivity contribution in [2.45, 2.75) is 38.4 Å². The first kappa shape index (κ1) is 18.4. The summed E-state index contributed by atoms with van der Waals surface area (Å²) < 4.78 is 2.15. The smallest absolute Gasteiger partial charge is 0.315 e. The molecule has 152 valence electrons. The number of aromatic nitrogens is 4. The van der Waals surface area contributed by atoms with E-state index in [1.54, 1.807) is 0 Å². The summed E-state index contributed by atoms with van der Waals surface area (Å²) in [5, 5.41) is 6.09. The second-order valence-corrected chi connectivity index (χ2v) is 7.78. The van der Waals surface area contributed by atoms with Gasteiger partial charge in [0.15, 0.2) is 0 Å². The molecule has 0 spiro atoms. The Labute approximate surface area is 174 Å². The molecule has 30 heavy (non-hydrogen) atoms. The van der Waals surface area contributed by atoms with Gasteiger partial charge in [0.25, 0.3) is 0 Å². The number of amides is 2. The van der Waals surface area contributed by atoms with Gasteiger partial charge in [-0.05, 0) is 25.5 Å². The third kappa shape index (κ3) is 3.66. The van der Waals surface area contributed by atoms with Crippen molar-refractivity contribution < 1.29 is 4.79 Å². The standard InChI is InChI=1S/C23H24N6O/c1-15(22-27-18-9-5-6-10-19(18)28-22)24-23(30)25-17-11-12-21-26-20(14-29(21)13-17)16-7-3-2-4-8-16/h2-10,14-15,17H,11-13H2,1H3,(H,27,28)(H2,24,25,30). The fourth-order valence-corrected chi connectivity index (χ4v) is 3.98. The quantitative estimate of drug-likeness (QED) is 0.487. The molecule has 3 heterocycles. The highest BCUT2D eigenvalue weighted by atomic mass is 16.2. The first-order valence-corrected chi connectivity index (χ1v) is 10.3. The molecule has 2 aromatic carbocycles. The number of rotatable bonds is 4. The second-order valence-electron chi connectivity index (χ2n) is 7.78. The molecule has 0 saturated carbocycles. The molecule has 1 aliphatic rings. The van der Waals surface area contributed by atoms with Gasteiger partial charge < -0.3 is 20.2 Å². The highest BCUT2D eigenvalue weighted by Gasteiger charge is 2.23. The molecule has 0 aliphatic carbocycles. The van der Waals surface area contributed by atoms with E-state index < -0.39 is 0 Å². The molecule has 2 amide bonds. The van der Waals surface area contributed by atoms with Crippen molar-refractivity contribution in [3.63, 3.8) is 0 Å². The number of H-pyrrole nitrogens is 1. The van der Waals surface area contributed by atoms with Crippen LogP contribution in [-0.4, -0.2) is 31.6 Å². The number of urea groups is 1. The van der Waals surface area contributed by atoms with E-state index in [1.165, 1.54) is 0 Å². The normalized spacial score (nSPS) is 16.8. The zero-order valence-electron chi connectivity index (χ0n) is 16.8. The maximum Gasteiger partial charge on any atom is 0.315 e. The lowest BCUT2D eigenvalue weighted by atomic mass is 10.1. The summed E-state index contributed by atoms with van der Waals surface area (Å²) in [6.45, 7) is 2.65. The monoisotopic (exact) mass is 400 g/mol. The molecule has 4 aromatic rings. The Balaban J connectivity index is 1.21. The van der Waals surface area contributed by atoms with Gasteiger partial charge in [0.2, 0.25) is 0 Å². The predicted octanol–water partition coefficient (Wildman–Crippen LogP) is 3.80. The molecular formula is C23H24N6O. The van der Waals surface area contributed by atoms with Crippen LogP contribution in [-0.2, 0) is 13.0 Å². The van der Waals surface area contributed by atoms with Crippen molar-refractivity contribution in [1.29, 1.82) is 0 Å². The lowest BCUT2D eigenvalue weighted by molar-refractivity contribution is 0.229. The predicted molar refractivity (Wildman–Crippen MR) is 116 cm³/mol. The van der Waals surface area contributed by atoms with Crippen molar-refractivity contribution in [2.24, 2.45) is 0 Å². The summed E-state index contributed by atoms with van der Waals surface area (Å²) in [5.74, 6) is 1.82. The summed E-state index contributed by atoms with van der Waals surface area (Å²) >= 11 is 0. The van der Waals surface area contributed by atoms with Crippen molar-refractivity contribution in [2.75, 3.05) is 0 Å². The van der Waals surface area contributed by atoms with Gasteiger partial charge in [0.1, 0.15) is 11.6 Å². The Morgan fingerprint density at radius 3 is 2.77 bits per heavy atom. The number of nitrogens with zero attached hydrogens (tertiary/aromatic N) is 3. The molecule has 5 rings (SSSR count).